The maximum Gasteiger partial charge on any atom is 0.373 e. The number of hydrogen-bond acceptors (Lipinski definition) is 3. The summed E-state index contributed by atoms with van der Waals surface area (Å²) in [6, 6.07) is 0. The Bertz CT molecular complexity index is 372. The first-order valence-corrected chi connectivity index (χ1v) is 4.98. The van der Waals surface area contributed by atoms with Gasteiger partial charge in [0.05, 0.1) is 5.69 Å². The van der Waals surface area contributed by atoms with Gasteiger partial charge in [0.25, 0.3) is 0 Å². The van der Waals surface area contributed by atoms with Crippen molar-refractivity contribution >= 4 is 5.97 Å². The van der Waals surface area contributed by atoms with E-state index in [9.17, 15) is 4.79 Å². The smallest absolute Gasteiger partial charge is 0.373 e. The lowest BCUT2D eigenvalue weighted by atomic mass is 9.97. The molecule has 0 fully saturated rings. The van der Waals surface area contributed by atoms with Crippen molar-refractivity contribution in [2.75, 3.05) is 0 Å². The van der Waals surface area contributed by atoms with Crippen molar-refractivity contribution in [2.24, 2.45) is 0 Å². The van der Waals surface area contributed by atoms with Crippen LogP contribution in [0.15, 0.2) is 4.42 Å². The molecule has 0 atom stereocenters. The third-order valence-corrected chi connectivity index (χ3v) is 2.04. The molecule has 0 bridgehead atoms. The Morgan fingerprint density at radius 2 is 1.93 bits per heavy atom. The van der Waals surface area contributed by atoms with Gasteiger partial charge in [0.1, 0.15) is 0 Å². The van der Waals surface area contributed by atoms with Crippen LogP contribution < -0.4 is 0 Å². The number of oxazole rings is 1. The van der Waals surface area contributed by atoms with Crippen LogP contribution in [0.4, 0.5) is 0 Å². The fraction of sp³-hybridized carbons (Fsp3) is 0.636. The van der Waals surface area contributed by atoms with Gasteiger partial charge < -0.3 is 9.52 Å². The number of aromatic nitrogens is 1. The molecule has 0 aliphatic heterocycles. The molecular formula is C11H17NO3. The largest absolute Gasteiger partial charge is 0.475 e. The zero-order chi connectivity index (χ0) is 11.8. The topological polar surface area (TPSA) is 63.3 Å². The van der Waals surface area contributed by atoms with Crippen LogP contribution in [0.3, 0.4) is 0 Å². The van der Waals surface area contributed by atoms with Crippen LogP contribution in [0, 0.1) is 0 Å². The molecule has 0 saturated heterocycles. The lowest BCUT2D eigenvalue weighted by molar-refractivity contribution is 0.0656. The van der Waals surface area contributed by atoms with E-state index in [-0.39, 0.29) is 17.1 Å². The van der Waals surface area contributed by atoms with E-state index in [1.165, 1.54) is 0 Å². The molecule has 0 aromatic carbocycles. The highest BCUT2D eigenvalue weighted by molar-refractivity contribution is 5.85. The number of hydrogen-bond donors (Lipinski definition) is 1. The van der Waals surface area contributed by atoms with Crippen LogP contribution in [-0.4, -0.2) is 16.1 Å². The van der Waals surface area contributed by atoms with E-state index in [4.69, 9.17) is 9.52 Å². The lowest BCUT2D eigenvalue weighted by Crippen LogP contribution is -2.11. The number of aromatic carboxylic acids is 1. The predicted molar refractivity (Wildman–Crippen MR) is 56.3 cm³/mol. The molecule has 0 unspecified atom stereocenters. The van der Waals surface area contributed by atoms with E-state index in [1.807, 2.05) is 34.6 Å². The van der Waals surface area contributed by atoms with Gasteiger partial charge in [-0.1, -0.05) is 34.6 Å². The maximum atomic E-state index is 10.9. The minimum atomic E-state index is -1.05. The van der Waals surface area contributed by atoms with Gasteiger partial charge in [-0.2, -0.15) is 0 Å². The summed E-state index contributed by atoms with van der Waals surface area (Å²) >= 11 is 0. The van der Waals surface area contributed by atoms with Gasteiger partial charge in [-0.25, -0.2) is 9.78 Å². The molecule has 15 heavy (non-hydrogen) atoms. The third-order valence-electron chi connectivity index (χ3n) is 2.04. The van der Waals surface area contributed by atoms with Crippen molar-refractivity contribution in [3.05, 3.63) is 17.3 Å². The van der Waals surface area contributed by atoms with Crippen molar-refractivity contribution in [1.29, 1.82) is 0 Å². The first-order valence-electron chi connectivity index (χ1n) is 4.98. The first kappa shape index (κ1) is 11.8. The minimum absolute atomic E-state index is 0.0325. The Morgan fingerprint density at radius 1 is 1.40 bits per heavy atom. The Labute approximate surface area is 89.3 Å². The van der Waals surface area contributed by atoms with E-state index in [0.29, 0.717) is 11.6 Å². The highest BCUT2D eigenvalue weighted by Crippen LogP contribution is 2.27. The monoisotopic (exact) mass is 211 g/mol. The Balaban J connectivity index is 3.28. The van der Waals surface area contributed by atoms with Crippen molar-refractivity contribution in [3.8, 4) is 0 Å². The standard InChI is InChI=1S/C11H17NO3/c1-6(2)7-8(9(13)14)15-10(12-7)11(3,4)5/h6H,1-5H3,(H,13,14). The molecule has 0 saturated carbocycles. The summed E-state index contributed by atoms with van der Waals surface area (Å²) in [6.45, 7) is 9.62. The highest BCUT2D eigenvalue weighted by Gasteiger charge is 2.27. The molecule has 0 radical (unpaired) electrons. The van der Waals surface area contributed by atoms with Gasteiger partial charge in [-0.15, -0.1) is 0 Å². The van der Waals surface area contributed by atoms with Gasteiger partial charge in [-0.3, -0.25) is 0 Å². The van der Waals surface area contributed by atoms with Crippen LogP contribution in [0.2, 0.25) is 0 Å². The lowest BCUT2D eigenvalue weighted by Gasteiger charge is -2.11. The van der Waals surface area contributed by atoms with Crippen LogP contribution in [0.25, 0.3) is 0 Å². The molecule has 0 spiro atoms. The van der Waals surface area contributed by atoms with Crippen LogP contribution >= 0.6 is 0 Å². The van der Waals surface area contributed by atoms with Gasteiger partial charge in [0, 0.05) is 5.41 Å². The number of rotatable bonds is 2. The van der Waals surface area contributed by atoms with Crippen LogP contribution in [-0.2, 0) is 5.41 Å². The van der Waals surface area contributed by atoms with E-state index in [2.05, 4.69) is 4.98 Å². The van der Waals surface area contributed by atoms with Gasteiger partial charge >= 0.3 is 5.97 Å². The Kier molecular flexibility index (Phi) is 2.88. The van der Waals surface area contributed by atoms with E-state index >= 15 is 0 Å². The average Bonchev–Trinajstić information content (AvgIpc) is 2.45. The molecule has 0 aliphatic carbocycles. The van der Waals surface area contributed by atoms with Crippen LogP contribution in [0.1, 0.15) is 62.7 Å². The average molecular weight is 211 g/mol. The molecule has 84 valence electrons. The van der Waals surface area contributed by atoms with E-state index in [1.54, 1.807) is 0 Å². The fourth-order valence-corrected chi connectivity index (χ4v) is 1.20. The summed E-state index contributed by atoms with van der Waals surface area (Å²) in [4.78, 5) is 15.2. The van der Waals surface area contributed by atoms with Crippen molar-refractivity contribution in [3.63, 3.8) is 0 Å². The first-order chi connectivity index (χ1) is 6.73. The SMILES string of the molecule is CC(C)c1nc(C(C)(C)C)oc1C(=O)O. The second kappa shape index (κ2) is 3.68. The minimum Gasteiger partial charge on any atom is -0.475 e. The molecule has 1 N–H and O–H groups in total. The quantitative estimate of drug-likeness (QED) is 0.817. The Morgan fingerprint density at radius 3 is 2.20 bits per heavy atom. The molecule has 1 heterocycles. The van der Waals surface area contributed by atoms with Crippen molar-refractivity contribution < 1.29 is 14.3 Å². The van der Waals surface area contributed by atoms with E-state index < -0.39 is 5.97 Å². The number of nitrogens with zero attached hydrogens (tertiary/aromatic N) is 1. The number of carboxylic acids is 1. The van der Waals surface area contributed by atoms with Crippen molar-refractivity contribution in [2.45, 2.75) is 46.0 Å². The fourth-order valence-electron chi connectivity index (χ4n) is 1.20. The van der Waals surface area contributed by atoms with Crippen molar-refractivity contribution in [1.82, 2.24) is 4.98 Å². The van der Waals surface area contributed by atoms with E-state index in [0.717, 1.165) is 0 Å². The zero-order valence-electron chi connectivity index (χ0n) is 9.79. The molecule has 4 heteroatoms. The summed E-state index contributed by atoms with van der Waals surface area (Å²) in [6.07, 6.45) is 0. The molecule has 0 amide bonds. The number of carboxylic acid groups (broad SMARTS) is 1. The molecule has 1 aromatic rings. The van der Waals surface area contributed by atoms with Gasteiger partial charge in [0.15, 0.2) is 0 Å². The summed E-state index contributed by atoms with van der Waals surface area (Å²) in [7, 11) is 0. The summed E-state index contributed by atoms with van der Waals surface area (Å²) in [5, 5.41) is 8.96. The molecule has 1 rings (SSSR count). The third kappa shape index (κ3) is 2.37. The molecule has 0 aliphatic rings. The number of carbonyl (C=O) groups is 1. The van der Waals surface area contributed by atoms with Gasteiger partial charge in [0.2, 0.25) is 11.7 Å². The molecule has 1 aromatic heterocycles. The summed E-state index contributed by atoms with van der Waals surface area (Å²) < 4.78 is 5.29. The second-order valence-electron chi connectivity index (χ2n) is 4.94. The Hall–Kier alpha value is -1.32. The molecular weight excluding hydrogens is 194 g/mol. The summed E-state index contributed by atoms with van der Waals surface area (Å²) in [5.74, 6) is -0.559. The highest BCUT2D eigenvalue weighted by atomic mass is 16.4. The second-order valence-corrected chi connectivity index (χ2v) is 4.94. The van der Waals surface area contributed by atoms with Crippen LogP contribution in [0.5, 0.6) is 0 Å². The summed E-state index contributed by atoms with van der Waals surface area (Å²) in [5.41, 5.74) is 0.254. The normalized spacial score (nSPS) is 12.1. The maximum absolute atomic E-state index is 10.9. The predicted octanol–water partition coefficient (Wildman–Crippen LogP) is 2.79. The zero-order valence-corrected chi connectivity index (χ0v) is 9.79. The molecule has 4 nitrogen and oxygen atoms in total. The van der Waals surface area contributed by atoms with Gasteiger partial charge in [-0.05, 0) is 5.92 Å².